The van der Waals surface area contributed by atoms with E-state index in [0.717, 1.165) is 38.5 Å². The van der Waals surface area contributed by atoms with Crippen molar-refractivity contribution >= 4 is 0 Å². The Labute approximate surface area is 367 Å². The predicted molar refractivity (Wildman–Crippen MR) is 212 cm³/mol. The SMILES string of the molecule is C[C@@H]1CC[C@@]2(OC1)O[C@H]1[C@@H](O)[C@H]3[C@@H]4CC[C@H]5C[C@@H](O[C@@H]6OC[C@H](O[C@@H]7O[C@H](CO)[C@@H](O)[C@H](O)[C@H]7O[C@@H]7O[C@H](CO)[C@H](O)[C@H](O)[C@H]7O)[C@H](O)[C@H]6O)[C@H](O)C[C@]5(C)[C@H]4CC[C@]3(C)[C@H]1[C@@H]2C. The van der Waals surface area contributed by atoms with E-state index >= 15 is 0 Å². The van der Waals surface area contributed by atoms with Crippen LogP contribution >= 0.6 is 0 Å². The number of hydrogen-bond donors (Lipinski definition) is 11. The summed E-state index contributed by atoms with van der Waals surface area (Å²) in [5, 5.41) is 119. The minimum atomic E-state index is -1.87. The molecule has 19 heteroatoms. The number of fused-ring (bicyclic) bond motifs is 7. The molecule has 0 aromatic carbocycles. The molecule has 11 N–H and O–H groups in total. The summed E-state index contributed by atoms with van der Waals surface area (Å²) in [5.74, 6) is 1.07. The Morgan fingerprint density at radius 3 is 1.95 bits per heavy atom. The van der Waals surface area contributed by atoms with Crippen LogP contribution in [-0.2, 0) is 37.9 Å². The van der Waals surface area contributed by atoms with Gasteiger partial charge in [-0.05, 0) is 85.4 Å². The zero-order valence-electron chi connectivity index (χ0n) is 36.6. The van der Waals surface area contributed by atoms with E-state index in [1.807, 2.05) is 0 Å². The maximum Gasteiger partial charge on any atom is 0.187 e. The van der Waals surface area contributed by atoms with Gasteiger partial charge in [-0.1, -0.05) is 27.7 Å². The highest BCUT2D eigenvalue weighted by atomic mass is 16.8. The number of aliphatic hydroxyl groups is 11. The van der Waals surface area contributed by atoms with Gasteiger partial charge in [-0.15, -0.1) is 0 Å². The van der Waals surface area contributed by atoms with Crippen LogP contribution in [0.5, 0.6) is 0 Å². The minimum Gasteiger partial charge on any atom is -0.394 e. The van der Waals surface area contributed by atoms with E-state index in [2.05, 4.69) is 27.7 Å². The fraction of sp³-hybridized carbons (Fsp3) is 1.00. The minimum absolute atomic E-state index is 0.0799. The van der Waals surface area contributed by atoms with Gasteiger partial charge in [-0.2, -0.15) is 0 Å². The van der Waals surface area contributed by atoms with Crippen molar-refractivity contribution in [2.24, 2.45) is 52.3 Å². The number of hydrogen-bond acceptors (Lipinski definition) is 19. The molecule has 9 rings (SSSR count). The van der Waals surface area contributed by atoms with Crippen LogP contribution in [0.3, 0.4) is 0 Å². The molecule has 5 saturated heterocycles. The van der Waals surface area contributed by atoms with Crippen molar-refractivity contribution in [1.82, 2.24) is 0 Å². The van der Waals surface area contributed by atoms with E-state index in [9.17, 15) is 56.2 Å². The van der Waals surface area contributed by atoms with E-state index in [1.54, 1.807) is 0 Å². The first kappa shape index (κ1) is 47.3. The molecule has 28 atom stereocenters. The van der Waals surface area contributed by atoms with Crippen LogP contribution < -0.4 is 0 Å². The molecule has 0 bridgehead atoms. The summed E-state index contributed by atoms with van der Waals surface area (Å²) in [6, 6.07) is 0. The van der Waals surface area contributed by atoms with Crippen molar-refractivity contribution in [1.29, 1.82) is 0 Å². The Hall–Kier alpha value is -0.760. The highest BCUT2D eigenvalue weighted by Gasteiger charge is 2.72. The molecule has 5 aliphatic heterocycles. The molecule has 63 heavy (non-hydrogen) atoms. The molecule has 19 nitrogen and oxygen atoms in total. The normalized spacial score (nSPS) is 59.4. The zero-order valence-corrected chi connectivity index (χ0v) is 36.6. The van der Waals surface area contributed by atoms with E-state index in [4.69, 9.17) is 37.9 Å². The lowest BCUT2D eigenvalue weighted by Crippen LogP contribution is -2.66. The van der Waals surface area contributed by atoms with Crippen LogP contribution in [0.15, 0.2) is 0 Å². The standard InChI is InChI=1S/C44H72O19/c1-17-7-10-44(57-15-17)18(2)27-37(63-44)32(51)28-20-6-5-19-11-23(22(47)12-43(19,4)21(20)8-9-42(27,28)3)58-39-35(54)31(50)26(16-56-39)61-41-38(34(53)30(49)25(14-46)60-41)62-40-36(55)33(52)29(48)24(13-45)59-40/h17-41,45-55H,5-16H2,1-4H3/t17-,18+,19+,20-,21+,22-,23-,24-,25-,26+,27+,28-,29+,30-,31+,32+,33+,34+,35-,36-,37-,38-,39+,40+,41+,42-,43+,44-/m1/s1. The first-order valence-electron chi connectivity index (χ1n) is 23.4. The maximum atomic E-state index is 12.2. The first-order chi connectivity index (χ1) is 29.9. The molecule has 362 valence electrons. The van der Waals surface area contributed by atoms with Crippen molar-refractivity contribution in [3.05, 3.63) is 0 Å². The second-order valence-electron chi connectivity index (χ2n) is 21.3. The third-order valence-electron chi connectivity index (χ3n) is 18.0. The fourth-order valence-corrected chi connectivity index (χ4v) is 14.5. The number of rotatable bonds is 8. The molecular weight excluding hydrogens is 832 g/mol. The highest BCUT2D eigenvalue weighted by molar-refractivity contribution is 5.19. The van der Waals surface area contributed by atoms with Gasteiger partial charge in [-0.25, -0.2) is 0 Å². The molecule has 0 unspecified atom stereocenters. The van der Waals surface area contributed by atoms with E-state index in [1.165, 1.54) is 0 Å². The molecule has 0 amide bonds. The maximum absolute atomic E-state index is 12.2. The summed E-state index contributed by atoms with van der Waals surface area (Å²) in [4.78, 5) is 0. The quantitative estimate of drug-likeness (QED) is 0.116. The van der Waals surface area contributed by atoms with Crippen molar-refractivity contribution in [2.45, 2.75) is 195 Å². The Kier molecular flexibility index (Phi) is 13.2. The van der Waals surface area contributed by atoms with Crippen molar-refractivity contribution in [3.63, 3.8) is 0 Å². The van der Waals surface area contributed by atoms with Crippen LogP contribution in [0.4, 0.5) is 0 Å². The molecule has 1 spiro atoms. The van der Waals surface area contributed by atoms with Crippen molar-refractivity contribution in [2.75, 3.05) is 26.4 Å². The van der Waals surface area contributed by atoms with Gasteiger partial charge in [0.15, 0.2) is 24.7 Å². The smallest absolute Gasteiger partial charge is 0.187 e. The monoisotopic (exact) mass is 904 g/mol. The lowest BCUT2D eigenvalue weighted by molar-refractivity contribution is -0.383. The van der Waals surface area contributed by atoms with Crippen molar-refractivity contribution in [3.8, 4) is 0 Å². The van der Waals surface area contributed by atoms with Gasteiger partial charge in [0.25, 0.3) is 0 Å². The van der Waals surface area contributed by atoms with Gasteiger partial charge >= 0.3 is 0 Å². The second-order valence-corrected chi connectivity index (χ2v) is 21.3. The van der Waals surface area contributed by atoms with Gasteiger partial charge in [0, 0.05) is 18.3 Å². The summed E-state index contributed by atoms with van der Waals surface area (Å²) in [6.45, 7) is 7.91. The van der Waals surface area contributed by atoms with Crippen LogP contribution in [0.1, 0.15) is 79.1 Å². The molecule has 0 aromatic rings. The molecule has 5 heterocycles. The van der Waals surface area contributed by atoms with E-state index in [0.29, 0.717) is 25.4 Å². The Morgan fingerprint density at radius 2 is 1.27 bits per heavy atom. The number of aliphatic hydroxyl groups excluding tert-OH is 11. The highest BCUT2D eigenvalue weighted by Crippen LogP contribution is 2.71. The molecule has 0 aromatic heterocycles. The largest absolute Gasteiger partial charge is 0.394 e. The molecule has 9 fully saturated rings. The van der Waals surface area contributed by atoms with Gasteiger partial charge in [0.2, 0.25) is 0 Å². The summed E-state index contributed by atoms with van der Waals surface area (Å²) >= 11 is 0. The topological polar surface area (TPSA) is 296 Å². The van der Waals surface area contributed by atoms with Crippen LogP contribution in [0.25, 0.3) is 0 Å². The van der Waals surface area contributed by atoms with Crippen LogP contribution in [0, 0.1) is 52.3 Å². The van der Waals surface area contributed by atoms with Crippen molar-refractivity contribution < 1.29 is 94.1 Å². The lowest BCUT2D eigenvalue weighted by atomic mass is 9.44. The first-order valence-corrected chi connectivity index (χ1v) is 23.4. The molecule has 9 aliphatic rings. The summed E-state index contributed by atoms with van der Waals surface area (Å²) in [5.41, 5.74) is -0.316. The van der Waals surface area contributed by atoms with Gasteiger partial charge < -0.3 is 94.1 Å². The Morgan fingerprint density at radius 1 is 0.603 bits per heavy atom. The lowest BCUT2D eigenvalue weighted by Gasteiger charge is -2.62. The van der Waals surface area contributed by atoms with E-state index < -0.39 is 123 Å². The van der Waals surface area contributed by atoms with Crippen LogP contribution in [0.2, 0.25) is 0 Å². The number of ether oxygens (including phenoxy) is 8. The van der Waals surface area contributed by atoms with Gasteiger partial charge in [-0.3, -0.25) is 0 Å². The van der Waals surface area contributed by atoms with Gasteiger partial charge in [0.1, 0.15) is 67.1 Å². The predicted octanol–water partition coefficient (Wildman–Crippen LogP) is -2.15. The summed E-state index contributed by atoms with van der Waals surface area (Å²) in [6.07, 6.45) is -18.7. The third kappa shape index (κ3) is 7.68. The summed E-state index contributed by atoms with van der Waals surface area (Å²) in [7, 11) is 0. The zero-order chi connectivity index (χ0) is 45.1. The summed E-state index contributed by atoms with van der Waals surface area (Å²) < 4.78 is 48.3. The Bertz CT molecular complexity index is 1590. The third-order valence-corrected chi connectivity index (χ3v) is 18.0. The molecular formula is C44H72O19. The van der Waals surface area contributed by atoms with E-state index in [-0.39, 0.29) is 59.0 Å². The van der Waals surface area contributed by atoms with Gasteiger partial charge in [0.05, 0.1) is 50.8 Å². The second kappa shape index (κ2) is 17.6. The average Bonchev–Trinajstić information content (AvgIpc) is 3.67. The van der Waals surface area contributed by atoms with Crippen LogP contribution in [-0.4, -0.2) is 199 Å². The molecule has 4 aliphatic carbocycles. The molecule has 0 radical (unpaired) electrons. The fourth-order valence-electron chi connectivity index (χ4n) is 14.5. The average molecular weight is 905 g/mol. The Balaban J connectivity index is 0.830. The molecule has 4 saturated carbocycles.